The Morgan fingerprint density at radius 2 is 1.39 bits per heavy atom. The van der Waals surface area contributed by atoms with Gasteiger partial charge in [0.25, 0.3) is 0 Å². The van der Waals surface area contributed by atoms with Crippen LogP contribution < -0.4 is 0 Å². The lowest BCUT2D eigenvalue weighted by Crippen LogP contribution is -2.42. The number of ether oxygens (including phenoxy) is 2. The molecular formula is C13H25NO4. The van der Waals surface area contributed by atoms with Crippen molar-refractivity contribution in [1.29, 1.82) is 0 Å². The van der Waals surface area contributed by atoms with E-state index in [2.05, 4.69) is 0 Å². The highest BCUT2D eigenvalue weighted by atomic mass is 16.6. The van der Waals surface area contributed by atoms with Crippen molar-refractivity contribution in [2.45, 2.75) is 40.7 Å². The Kier molecular flexibility index (Phi) is 7.39. The topological polar surface area (TPSA) is 55.8 Å². The van der Waals surface area contributed by atoms with E-state index in [0.29, 0.717) is 13.2 Å². The van der Waals surface area contributed by atoms with E-state index < -0.39 is 18.1 Å². The molecule has 1 atom stereocenters. The summed E-state index contributed by atoms with van der Waals surface area (Å²) in [5, 5.41) is 0. The maximum absolute atomic E-state index is 11.7. The highest BCUT2D eigenvalue weighted by molar-refractivity contribution is 5.80. The molecule has 0 aromatic carbocycles. The van der Waals surface area contributed by atoms with E-state index in [-0.39, 0.29) is 11.8 Å². The summed E-state index contributed by atoms with van der Waals surface area (Å²) in [5.74, 6) is 0.137. The second kappa shape index (κ2) is 7.95. The fourth-order valence-corrected chi connectivity index (χ4v) is 1.03. The maximum Gasteiger partial charge on any atom is 0.410 e. The van der Waals surface area contributed by atoms with E-state index in [0.717, 1.165) is 0 Å². The molecule has 0 spiro atoms. The molecule has 106 valence electrons. The molecular weight excluding hydrogens is 234 g/mol. The SMILES string of the molecule is CC(C)COC(=O)C(C)N(C)C(=O)OCC(C)C. The minimum Gasteiger partial charge on any atom is -0.464 e. The van der Waals surface area contributed by atoms with E-state index in [1.165, 1.54) is 11.9 Å². The number of esters is 1. The zero-order valence-corrected chi connectivity index (χ0v) is 12.2. The van der Waals surface area contributed by atoms with E-state index in [4.69, 9.17) is 9.47 Å². The van der Waals surface area contributed by atoms with Crippen LogP contribution in [0.2, 0.25) is 0 Å². The number of amides is 1. The third kappa shape index (κ3) is 6.47. The molecule has 1 unspecified atom stereocenters. The van der Waals surface area contributed by atoms with Crippen molar-refractivity contribution >= 4 is 12.1 Å². The summed E-state index contributed by atoms with van der Waals surface area (Å²) in [6, 6.07) is -0.636. The number of carbonyl (C=O) groups excluding carboxylic acids is 2. The van der Waals surface area contributed by atoms with Crippen molar-refractivity contribution in [1.82, 2.24) is 4.90 Å². The van der Waals surface area contributed by atoms with Crippen LogP contribution in [0, 0.1) is 11.8 Å². The predicted octanol–water partition coefficient (Wildman–Crippen LogP) is 2.30. The van der Waals surface area contributed by atoms with Crippen LogP contribution in [0.5, 0.6) is 0 Å². The third-order valence-corrected chi connectivity index (χ3v) is 2.31. The van der Waals surface area contributed by atoms with Gasteiger partial charge in [0.1, 0.15) is 6.04 Å². The Hall–Kier alpha value is -1.26. The Bertz CT molecular complexity index is 248. The minimum absolute atomic E-state index is 0.269. The smallest absolute Gasteiger partial charge is 0.410 e. The fraction of sp³-hybridized carbons (Fsp3) is 0.846. The first kappa shape index (κ1) is 16.7. The zero-order valence-electron chi connectivity index (χ0n) is 12.2. The van der Waals surface area contributed by atoms with Crippen LogP contribution in [0.3, 0.4) is 0 Å². The van der Waals surface area contributed by atoms with Gasteiger partial charge in [-0.25, -0.2) is 9.59 Å². The molecule has 0 heterocycles. The van der Waals surface area contributed by atoms with E-state index in [1.54, 1.807) is 6.92 Å². The zero-order chi connectivity index (χ0) is 14.3. The summed E-state index contributed by atoms with van der Waals surface area (Å²) >= 11 is 0. The van der Waals surface area contributed by atoms with E-state index in [1.807, 2.05) is 27.7 Å². The van der Waals surface area contributed by atoms with Crippen LogP contribution in [-0.4, -0.2) is 43.3 Å². The summed E-state index contributed by atoms with van der Waals surface area (Å²) in [5.41, 5.74) is 0. The molecule has 0 saturated carbocycles. The lowest BCUT2D eigenvalue weighted by Gasteiger charge is -2.23. The van der Waals surface area contributed by atoms with Gasteiger partial charge in [-0.1, -0.05) is 27.7 Å². The molecule has 0 rings (SSSR count). The van der Waals surface area contributed by atoms with Crippen molar-refractivity contribution in [2.24, 2.45) is 11.8 Å². The van der Waals surface area contributed by atoms with Crippen molar-refractivity contribution in [3.8, 4) is 0 Å². The van der Waals surface area contributed by atoms with Crippen molar-refractivity contribution in [3.05, 3.63) is 0 Å². The normalized spacial score (nSPS) is 12.4. The third-order valence-electron chi connectivity index (χ3n) is 2.31. The summed E-state index contributed by atoms with van der Waals surface area (Å²) in [4.78, 5) is 24.5. The largest absolute Gasteiger partial charge is 0.464 e. The number of carbonyl (C=O) groups is 2. The average Bonchev–Trinajstić information content (AvgIpc) is 2.30. The first-order valence-corrected chi connectivity index (χ1v) is 6.31. The van der Waals surface area contributed by atoms with Gasteiger partial charge in [-0.05, 0) is 18.8 Å². The number of nitrogens with zero attached hydrogens (tertiary/aromatic N) is 1. The van der Waals surface area contributed by atoms with Gasteiger partial charge in [0.2, 0.25) is 0 Å². The Morgan fingerprint density at radius 3 is 1.83 bits per heavy atom. The van der Waals surface area contributed by atoms with Gasteiger partial charge in [-0.3, -0.25) is 4.90 Å². The highest BCUT2D eigenvalue weighted by Gasteiger charge is 2.25. The fourth-order valence-electron chi connectivity index (χ4n) is 1.03. The molecule has 0 bridgehead atoms. The first-order valence-electron chi connectivity index (χ1n) is 6.31. The Morgan fingerprint density at radius 1 is 0.944 bits per heavy atom. The molecule has 5 heteroatoms. The molecule has 0 aliphatic carbocycles. The quantitative estimate of drug-likeness (QED) is 0.687. The molecule has 1 amide bonds. The Labute approximate surface area is 109 Å². The number of hydrogen-bond acceptors (Lipinski definition) is 4. The van der Waals surface area contributed by atoms with Gasteiger partial charge in [-0.15, -0.1) is 0 Å². The summed E-state index contributed by atoms with van der Waals surface area (Å²) in [6.07, 6.45) is -0.502. The summed E-state index contributed by atoms with van der Waals surface area (Å²) in [7, 11) is 1.53. The van der Waals surface area contributed by atoms with E-state index >= 15 is 0 Å². The second-order valence-electron chi connectivity index (χ2n) is 5.28. The van der Waals surface area contributed by atoms with Crippen LogP contribution in [0.1, 0.15) is 34.6 Å². The van der Waals surface area contributed by atoms with Gasteiger partial charge in [-0.2, -0.15) is 0 Å². The number of likely N-dealkylation sites (N-methyl/N-ethyl adjacent to an activating group) is 1. The molecule has 0 aliphatic rings. The number of rotatable bonds is 6. The predicted molar refractivity (Wildman–Crippen MR) is 69.2 cm³/mol. The van der Waals surface area contributed by atoms with Crippen LogP contribution in [0.25, 0.3) is 0 Å². The van der Waals surface area contributed by atoms with Crippen molar-refractivity contribution in [3.63, 3.8) is 0 Å². The number of hydrogen-bond donors (Lipinski definition) is 0. The summed E-state index contributed by atoms with van der Waals surface area (Å²) in [6.45, 7) is 10.1. The van der Waals surface area contributed by atoms with Gasteiger partial charge in [0, 0.05) is 7.05 Å². The monoisotopic (exact) mass is 259 g/mol. The minimum atomic E-state index is -0.636. The van der Waals surface area contributed by atoms with Crippen LogP contribution in [0.4, 0.5) is 4.79 Å². The molecule has 0 radical (unpaired) electrons. The molecule has 0 N–H and O–H groups in total. The van der Waals surface area contributed by atoms with Gasteiger partial charge < -0.3 is 9.47 Å². The molecule has 5 nitrogen and oxygen atoms in total. The van der Waals surface area contributed by atoms with Gasteiger partial charge >= 0.3 is 12.1 Å². The first-order chi connectivity index (χ1) is 8.25. The van der Waals surface area contributed by atoms with Gasteiger partial charge in [0.05, 0.1) is 13.2 Å². The molecule has 0 aromatic rings. The van der Waals surface area contributed by atoms with Gasteiger partial charge in [0.15, 0.2) is 0 Å². The summed E-state index contributed by atoms with van der Waals surface area (Å²) < 4.78 is 10.1. The van der Waals surface area contributed by atoms with Crippen LogP contribution in [-0.2, 0) is 14.3 Å². The maximum atomic E-state index is 11.7. The highest BCUT2D eigenvalue weighted by Crippen LogP contribution is 2.04. The van der Waals surface area contributed by atoms with Crippen molar-refractivity contribution in [2.75, 3.05) is 20.3 Å². The standard InChI is InChI=1S/C13H25NO4/c1-9(2)7-17-12(15)11(5)14(6)13(16)18-8-10(3)4/h9-11H,7-8H2,1-6H3. The second-order valence-corrected chi connectivity index (χ2v) is 5.28. The molecule has 0 fully saturated rings. The average molecular weight is 259 g/mol. The van der Waals surface area contributed by atoms with Crippen LogP contribution in [0.15, 0.2) is 0 Å². The molecule has 18 heavy (non-hydrogen) atoms. The lowest BCUT2D eigenvalue weighted by molar-refractivity contribution is -0.149. The Balaban J connectivity index is 4.18. The molecule has 0 aromatic heterocycles. The molecule has 0 aliphatic heterocycles. The van der Waals surface area contributed by atoms with Crippen molar-refractivity contribution < 1.29 is 19.1 Å². The molecule has 0 saturated heterocycles. The van der Waals surface area contributed by atoms with Crippen LogP contribution >= 0.6 is 0 Å². The lowest BCUT2D eigenvalue weighted by atomic mass is 10.2. The van der Waals surface area contributed by atoms with E-state index in [9.17, 15) is 9.59 Å².